The van der Waals surface area contributed by atoms with E-state index < -0.39 is 0 Å². The summed E-state index contributed by atoms with van der Waals surface area (Å²) < 4.78 is 5.75. The second-order valence-corrected chi connectivity index (χ2v) is 6.07. The monoisotopic (exact) mass is 316 g/mol. The molecule has 2 aromatic rings. The summed E-state index contributed by atoms with van der Waals surface area (Å²) in [4.78, 5) is 8.59. The highest BCUT2D eigenvalue weighted by atomic mass is 35.5. The zero-order valence-electron chi connectivity index (χ0n) is 12.8. The number of halogens is 1. The summed E-state index contributed by atoms with van der Waals surface area (Å²) in [5.41, 5.74) is 1.89. The molecule has 1 fully saturated rings. The fourth-order valence-electron chi connectivity index (χ4n) is 2.18. The van der Waals surface area contributed by atoms with E-state index >= 15 is 0 Å². The highest BCUT2D eigenvalue weighted by Gasteiger charge is 2.21. The van der Waals surface area contributed by atoms with Crippen LogP contribution in [0.5, 0.6) is 5.75 Å². The Morgan fingerprint density at radius 2 is 2.18 bits per heavy atom. The van der Waals surface area contributed by atoms with Crippen LogP contribution in [0.2, 0.25) is 5.02 Å². The van der Waals surface area contributed by atoms with Gasteiger partial charge in [-0.1, -0.05) is 23.7 Å². The van der Waals surface area contributed by atoms with Crippen LogP contribution >= 0.6 is 11.6 Å². The standard InChI is InChI=1S/C17H19ClN3O/c1-11-16(18)17(21-12(2)20-11)19-9-14-4-3-5-15(8-14)22-10-13-6-7-13/h3-4,8,13H,6-7,9-10H2,1-2H3,(H,19,20,21). The number of hydrogen-bond acceptors (Lipinski definition) is 4. The molecule has 1 aliphatic rings. The number of ether oxygens (including phenoxy) is 1. The Balaban J connectivity index is 1.64. The molecule has 4 nitrogen and oxygen atoms in total. The van der Waals surface area contributed by atoms with Gasteiger partial charge in [-0.05, 0) is 44.2 Å². The van der Waals surface area contributed by atoms with Crippen LogP contribution in [0, 0.1) is 25.8 Å². The largest absolute Gasteiger partial charge is 0.493 e. The topological polar surface area (TPSA) is 47.0 Å². The average molecular weight is 317 g/mol. The molecular formula is C17H19ClN3O. The van der Waals surface area contributed by atoms with E-state index in [1.54, 1.807) is 0 Å². The summed E-state index contributed by atoms with van der Waals surface area (Å²) in [5.74, 6) is 2.91. The summed E-state index contributed by atoms with van der Waals surface area (Å²) in [6.45, 7) is 5.16. The average Bonchev–Trinajstić information content (AvgIpc) is 3.32. The van der Waals surface area contributed by atoms with Gasteiger partial charge in [-0.3, -0.25) is 0 Å². The first-order valence-corrected chi connectivity index (χ1v) is 7.87. The molecule has 0 unspecified atom stereocenters. The first-order chi connectivity index (χ1) is 10.6. The van der Waals surface area contributed by atoms with E-state index in [1.165, 1.54) is 12.8 Å². The van der Waals surface area contributed by atoms with E-state index in [9.17, 15) is 0 Å². The van der Waals surface area contributed by atoms with Crippen LogP contribution in [0.4, 0.5) is 5.82 Å². The van der Waals surface area contributed by atoms with Crippen LogP contribution in [0.1, 0.15) is 29.9 Å². The van der Waals surface area contributed by atoms with Crippen molar-refractivity contribution in [3.8, 4) is 5.75 Å². The van der Waals surface area contributed by atoms with Gasteiger partial charge in [-0.2, -0.15) is 0 Å². The van der Waals surface area contributed by atoms with Crippen LogP contribution in [-0.2, 0) is 6.54 Å². The van der Waals surface area contributed by atoms with E-state index in [2.05, 4.69) is 21.4 Å². The maximum absolute atomic E-state index is 6.24. The lowest BCUT2D eigenvalue weighted by Crippen LogP contribution is -2.06. The second kappa shape index (κ2) is 6.53. The minimum Gasteiger partial charge on any atom is -0.493 e. The lowest BCUT2D eigenvalue weighted by atomic mass is 10.2. The molecule has 115 valence electrons. The molecule has 0 amide bonds. The molecular weight excluding hydrogens is 298 g/mol. The first-order valence-electron chi connectivity index (χ1n) is 7.50. The summed E-state index contributed by atoms with van der Waals surface area (Å²) in [7, 11) is 0. The van der Waals surface area contributed by atoms with E-state index in [4.69, 9.17) is 16.3 Å². The number of aromatic nitrogens is 2. The molecule has 5 heteroatoms. The van der Waals surface area contributed by atoms with Crippen molar-refractivity contribution in [1.82, 2.24) is 9.97 Å². The van der Waals surface area contributed by atoms with Crippen molar-refractivity contribution < 1.29 is 4.74 Å². The number of rotatable bonds is 6. The van der Waals surface area contributed by atoms with Crippen LogP contribution < -0.4 is 10.1 Å². The third kappa shape index (κ3) is 3.89. The van der Waals surface area contributed by atoms with Gasteiger partial charge in [0.25, 0.3) is 0 Å². The molecule has 0 spiro atoms. The molecule has 0 bridgehead atoms. The highest BCUT2D eigenvalue weighted by molar-refractivity contribution is 6.33. The smallest absolute Gasteiger partial charge is 0.149 e. The zero-order valence-corrected chi connectivity index (χ0v) is 13.6. The van der Waals surface area contributed by atoms with Crippen molar-refractivity contribution in [3.05, 3.63) is 46.4 Å². The normalized spacial score (nSPS) is 14.0. The third-order valence-electron chi connectivity index (χ3n) is 3.60. The van der Waals surface area contributed by atoms with Gasteiger partial charge >= 0.3 is 0 Å². The number of nitrogens with zero attached hydrogens (tertiary/aromatic N) is 2. The van der Waals surface area contributed by atoms with E-state index in [0.717, 1.165) is 29.5 Å². The van der Waals surface area contributed by atoms with Gasteiger partial charge in [0.15, 0.2) is 0 Å². The van der Waals surface area contributed by atoms with Crippen molar-refractivity contribution in [2.45, 2.75) is 33.2 Å². The molecule has 1 radical (unpaired) electrons. The molecule has 1 saturated carbocycles. The number of nitrogens with one attached hydrogen (secondary N) is 1. The lowest BCUT2D eigenvalue weighted by Gasteiger charge is -2.11. The fourth-order valence-corrected chi connectivity index (χ4v) is 2.33. The van der Waals surface area contributed by atoms with Crippen LogP contribution in [0.3, 0.4) is 0 Å². The first kappa shape index (κ1) is 15.1. The molecule has 0 atom stereocenters. The maximum Gasteiger partial charge on any atom is 0.149 e. The molecule has 1 aromatic heterocycles. The summed E-state index contributed by atoms with van der Waals surface area (Å²) in [6, 6.07) is 9.01. The second-order valence-electron chi connectivity index (χ2n) is 5.69. The summed E-state index contributed by atoms with van der Waals surface area (Å²) in [6.07, 6.45) is 2.57. The highest BCUT2D eigenvalue weighted by Crippen LogP contribution is 2.29. The van der Waals surface area contributed by atoms with Gasteiger partial charge in [-0.15, -0.1) is 0 Å². The summed E-state index contributed by atoms with van der Waals surface area (Å²) >= 11 is 6.24. The Labute approximate surface area is 135 Å². The van der Waals surface area contributed by atoms with Crippen LogP contribution in [-0.4, -0.2) is 16.6 Å². The maximum atomic E-state index is 6.24. The Morgan fingerprint density at radius 3 is 2.95 bits per heavy atom. The van der Waals surface area contributed by atoms with Crippen molar-refractivity contribution in [2.75, 3.05) is 11.9 Å². The summed E-state index contributed by atoms with van der Waals surface area (Å²) in [5, 5.41) is 3.83. The van der Waals surface area contributed by atoms with E-state index in [0.29, 0.717) is 23.2 Å². The molecule has 0 aliphatic heterocycles. The van der Waals surface area contributed by atoms with Crippen LogP contribution in [0.15, 0.2) is 18.2 Å². The van der Waals surface area contributed by atoms with E-state index in [-0.39, 0.29) is 0 Å². The Bertz CT molecular complexity index is 671. The molecule has 3 rings (SSSR count). The quantitative estimate of drug-likeness (QED) is 0.876. The van der Waals surface area contributed by atoms with Crippen LogP contribution in [0.25, 0.3) is 0 Å². The molecule has 1 aromatic carbocycles. The van der Waals surface area contributed by atoms with Crippen molar-refractivity contribution in [2.24, 2.45) is 5.92 Å². The van der Waals surface area contributed by atoms with Gasteiger partial charge < -0.3 is 10.1 Å². The fraction of sp³-hybridized carbons (Fsp3) is 0.412. The Kier molecular flexibility index (Phi) is 4.48. The van der Waals surface area contributed by atoms with E-state index in [1.807, 2.05) is 32.0 Å². The lowest BCUT2D eigenvalue weighted by molar-refractivity contribution is 0.299. The number of benzene rings is 1. The predicted octanol–water partition coefficient (Wildman–Crippen LogP) is 3.95. The predicted molar refractivity (Wildman–Crippen MR) is 87.3 cm³/mol. The SMILES string of the molecule is Cc1nc(C)c(Cl)c(NCc2cc[c]c(OCC3CC3)c2)n1. The van der Waals surface area contributed by atoms with Gasteiger partial charge in [0.1, 0.15) is 22.4 Å². The Hall–Kier alpha value is -1.81. The van der Waals surface area contributed by atoms with Crippen molar-refractivity contribution >= 4 is 17.4 Å². The number of hydrogen-bond donors (Lipinski definition) is 1. The number of aryl methyl sites for hydroxylation is 2. The molecule has 1 heterocycles. The molecule has 1 N–H and O–H groups in total. The molecule has 1 aliphatic carbocycles. The molecule has 22 heavy (non-hydrogen) atoms. The number of anilines is 1. The minimum absolute atomic E-state index is 0.568. The van der Waals surface area contributed by atoms with Gasteiger partial charge in [-0.25, -0.2) is 9.97 Å². The Morgan fingerprint density at radius 1 is 1.36 bits per heavy atom. The minimum atomic E-state index is 0.568. The zero-order chi connectivity index (χ0) is 15.5. The van der Waals surface area contributed by atoms with Gasteiger partial charge in [0, 0.05) is 12.6 Å². The van der Waals surface area contributed by atoms with Crippen molar-refractivity contribution in [1.29, 1.82) is 0 Å². The molecule has 0 saturated heterocycles. The van der Waals surface area contributed by atoms with Gasteiger partial charge in [0.2, 0.25) is 0 Å². The van der Waals surface area contributed by atoms with Gasteiger partial charge in [0.05, 0.1) is 12.3 Å². The van der Waals surface area contributed by atoms with Crippen molar-refractivity contribution in [3.63, 3.8) is 0 Å². The third-order valence-corrected chi connectivity index (χ3v) is 4.05.